The molecule has 0 unspecified atom stereocenters. The van der Waals surface area contributed by atoms with E-state index in [1.54, 1.807) is 0 Å². The fraction of sp³-hybridized carbons (Fsp3) is 0.889. The number of carboxylic acid groups (broad SMARTS) is 1. The zero-order valence-corrected chi connectivity index (χ0v) is 9.01. The molecule has 1 heterocycles. The molecule has 1 rings (SSSR count). The Hall–Kier alpha value is -0.820. The number of nitrogens with one attached hydrogen (secondary N) is 1. The second-order valence-corrected chi connectivity index (χ2v) is 3.21. The first kappa shape index (κ1) is 15.2. The maximum atomic E-state index is 10.6. The van der Waals surface area contributed by atoms with E-state index < -0.39 is 12.1 Å². The summed E-state index contributed by atoms with van der Waals surface area (Å²) in [5.41, 5.74) is 0. The predicted octanol–water partition coefficient (Wildman–Crippen LogP) is 1.41. The smallest absolute Gasteiger partial charge is 0.475 e. The number of piperidine rings is 1. The highest BCUT2D eigenvalue weighted by atomic mass is 19.4. The van der Waals surface area contributed by atoms with Gasteiger partial charge in [0.1, 0.15) is 0 Å². The minimum atomic E-state index is -5.08. The van der Waals surface area contributed by atoms with Crippen molar-refractivity contribution in [2.75, 3.05) is 19.7 Å². The van der Waals surface area contributed by atoms with E-state index in [9.17, 15) is 13.2 Å². The van der Waals surface area contributed by atoms with E-state index in [0.717, 1.165) is 19.7 Å². The summed E-state index contributed by atoms with van der Waals surface area (Å²) in [5.74, 6) is -2.76. The number of carboxylic acids is 1. The molecule has 0 atom stereocenters. The lowest BCUT2D eigenvalue weighted by molar-refractivity contribution is -0.192. The van der Waals surface area contributed by atoms with Crippen molar-refractivity contribution in [2.45, 2.75) is 32.0 Å². The fourth-order valence-electron chi connectivity index (χ4n) is 1.20. The number of hydrogen-bond acceptors (Lipinski definition) is 3. The third kappa shape index (κ3) is 7.47. The maximum absolute atomic E-state index is 10.6. The van der Waals surface area contributed by atoms with Crippen molar-refractivity contribution in [3.8, 4) is 0 Å². The molecule has 0 aliphatic carbocycles. The summed E-state index contributed by atoms with van der Waals surface area (Å²) in [7, 11) is 0. The largest absolute Gasteiger partial charge is 0.490 e. The number of halogens is 3. The number of carbonyl (C=O) groups is 1. The van der Waals surface area contributed by atoms with Crippen LogP contribution in [0.5, 0.6) is 0 Å². The number of rotatable bonds is 2. The molecule has 4 nitrogen and oxygen atoms in total. The van der Waals surface area contributed by atoms with Crippen molar-refractivity contribution < 1.29 is 27.8 Å². The highest BCUT2D eigenvalue weighted by Gasteiger charge is 2.38. The van der Waals surface area contributed by atoms with Crippen LogP contribution >= 0.6 is 0 Å². The molecular weight excluding hydrogens is 227 g/mol. The summed E-state index contributed by atoms with van der Waals surface area (Å²) in [6, 6.07) is 0. The van der Waals surface area contributed by atoms with E-state index in [1.807, 2.05) is 0 Å². The number of alkyl halides is 3. The highest BCUT2D eigenvalue weighted by Crippen LogP contribution is 2.13. The van der Waals surface area contributed by atoms with Gasteiger partial charge in [0.2, 0.25) is 0 Å². The second-order valence-electron chi connectivity index (χ2n) is 3.21. The topological polar surface area (TPSA) is 58.6 Å². The van der Waals surface area contributed by atoms with Gasteiger partial charge in [0.05, 0.1) is 6.10 Å². The summed E-state index contributed by atoms with van der Waals surface area (Å²) >= 11 is 0. The Morgan fingerprint density at radius 2 is 1.88 bits per heavy atom. The third-order valence-corrected chi connectivity index (χ3v) is 1.93. The van der Waals surface area contributed by atoms with Crippen molar-refractivity contribution >= 4 is 5.97 Å². The van der Waals surface area contributed by atoms with Crippen molar-refractivity contribution in [3.63, 3.8) is 0 Å². The lowest BCUT2D eigenvalue weighted by atomic mass is 10.1. The first-order valence-electron chi connectivity index (χ1n) is 5.00. The highest BCUT2D eigenvalue weighted by molar-refractivity contribution is 5.73. The van der Waals surface area contributed by atoms with Crippen LogP contribution in [0.25, 0.3) is 0 Å². The number of ether oxygens (including phenoxy) is 1. The van der Waals surface area contributed by atoms with Gasteiger partial charge >= 0.3 is 12.1 Å². The van der Waals surface area contributed by atoms with Crippen molar-refractivity contribution in [1.82, 2.24) is 5.32 Å². The van der Waals surface area contributed by atoms with Crippen LogP contribution in [-0.4, -0.2) is 43.1 Å². The molecule has 0 bridgehead atoms. The first-order valence-corrected chi connectivity index (χ1v) is 5.00. The van der Waals surface area contributed by atoms with Gasteiger partial charge in [-0.1, -0.05) is 0 Å². The van der Waals surface area contributed by atoms with Crippen LogP contribution in [0.4, 0.5) is 13.2 Å². The quantitative estimate of drug-likeness (QED) is 0.769. The molecule has 0 aromatic carbocycles. The van der Waals surface area contributed by atoms with Gasteiger partial charge in [-0.3, -0.25) is 0 Å². The maximum Gasteiger partial charge on any atom is 0.490 e. The van der Waals surface area contributed by atoms with Crippen LogP contribution in [0.2, 0.25) is 0 Å². The Balaban J connectivity index is 0.000000293. The zero-order valence-electron chi connectivity index (χ0n) is 9.01. The molecular formula is C9H16F3NO3. The van der Waals surface area contributed by atoms with Crippen molar-refractivity contribution in [2.24, 2.45) is 0 Å². The summed E-state index contributed by atoms with van der Waals surface area (Å²) in [4.78, 5) is 8.90. The molecule has 7 heteroatoms. The SMILES string of the molecule is CCOC1CCNCC1.O=C(O)C(F)(F)F. The molecule has 2 N–H and O–H groups in total. The van der Waals surface area contributed by atoms with Gasteiger partial charge in [-0.25, -0.2) is 4.79 Å². The van der Waals surface area contributed by atoms with E-state index >= 15 is 0 Å². The standard InChI is InChI=1S/C7H15NO.C2HF3O2/c1-2-9-7-3-5-8-6-4-7;3-2(4,5)1(6)7/h7-8H,2-6H2,1H3;(H,6,7). The van der Waals surface area contributed by atoms with Gasteiger partial charge in [0, 0.05) is 6.61 Å². The molecule has 1 aliphatic heterocycles. The summed E-state index contributed by atoms with van der Waals surface area (Å²) in [6.45, 7) is 5.18. The van der Waals surface area contributed by atoms with E-state index in [4.69, 9.17) is 14.6 Å². The molecule has 0 amide bonds. The molecule has 0 saturated carbocycles. The molecule has 0 aromatic rings. The molecule has 1 aliphatic rings. The Bertz CT molecular complexity index is 200. The van der Waals surface area contributed by atoms with Crippen LogP contribution < -0.4 is 5.32 Å². The minimum Gasteiger partial charge on any atom is -0.475 e. The minimum absolute atomic E-state index is 0.538. The predicted molar refractivity (Wildman–Crippen MR) is 51.2 cm³/mol. The summed E-state index contributed by atoms with van der Waals surface area (Å²) < 4.78 is 37.2. The third-order valence-electron chi connectivity index (χ3n) is 1.93. The Morgan fingerprint density at radius 1 is 1.44 bits per heavy atom. The normalized spacial score (nSPS) is 17.5. The van der Waals surface area contributed by atoms with Crippen LogP contribution in [0.3, 0.4) is 0 Å². The van der Waals surface area contributed by atoms with E-state index in [1.165, 1.54) is 12.8 Å². The molecule has 1 saturated heterocycles. The Labute approximate surface area is 91.8 Å². The average Bonchev–Trinajstić information content (AvgIpc) is 2.19. The van der Waals surface area contributed by atoms with Gasteiger partial charge in [-0.15, -0.1) is 0 Å². The fourth-order valence-corrected chi connectivity index (χ4v) is 1.20. The van der Waals surface area contributed by atoms with Gasteiger partial charge in [0.15, 0.2) is 0 Å². The Kier molecular flexibility index (Phi) is 7.07. The zero-order chi connectivity index (χ0) is 12.6. The molecule has 1 fully saturated rings. The van der Waals surface area contributed by atoms with Crippen LogP contribution in [-0.2, 0) is 9.53 Å². The number of hydrogen-bond donors (Lipinski definition) is 2. The van der Waals surface area contributed by atoms with Gasteiger partial charge in [-0.2, -0.15) is 13.2 Å². The van der Waals surface area contributed by atoms with Gasteiger partial charge in [-0.05, 0) is 32.9 Å². The average molecular weight is 243 g/mol. The monoisotopic (exact) mass is 243 g/mol. The molecule has 96 valence electrons. The van der Waals surface area contributed by atoms with Gasteiger partial charge in [0.25, 0.3) is 0 Å². The second kappa shape index (κ2) is 7.45. The van der Waals surface area contributed by atoms with Crippen molar-refractivity contribution in [3.05, 3.63) is 0 Å². The Morgan fingerprint density at radius 3 is 2.19 bits per heavy atom. The summed E-state index contributed by atoms with van der Waals surface area (Å²) in [5, 5.41) is 10.4. The molecule has 0 spiro atoms. The van der Waals surface area contributed by atoms with E-state index in [-0.39, 0.29) is 0 Å². The number of aliphatic carboxylic acids is 1. The van der Waals surface area contributed by atoms with E-state index in [2.05, 4.69) is 12.2 Å². The lowest BCUT2D eigenvalue weighted by Crippen LogP contribution is -2.32. The van der Waals surface area contributed by atoms with Crippen LogP contribution in [0.15, 0.2) is 0 Å². The first-order chi connectivity index (χ1) is 7.38. The lowest BCUT2D eigenvalue weighted by Gasteiger charge is -2.21. The van der Waals surface area contributed by atoms with Gasteiger partial charge < -0.3 is 15.2 Å². The molecule has 0 radical (unpaired) electrons. The van der Waals surface area contributed by atoms with Crippen molar-refractivity contribution in [1.29, 1.82) is 0 Å². The molecule has 0 aromatic heterocycles. The van der Waals surface area contributed by atoms with E-state index in [0.29, 0.717) is 6.10 Å². The molecule has 16 heavy (non-hydrogen) atoms. The van der Waals surface area contributed by atoms with Crippen LogP contribution in [0, 0.1) is 0 Å². The van der Waals surface area contributed by atoms with Crippen LogP contribution in [0.1, 0.15) is 19.8 Å². The summed E-state index contributed by atoms with van der Waals surface area (Å²) in [6.07, 6.45) is -2.17.